The van der Waals surface area contributed by atoms with Crippen molar-refractivity contribution in [1.29, 1.82) is 0 Å². The van der Waals surface area contributed by atoms with Crippen molar-refractivity contribution in [1.82, 2.24) is 4.57 Å². The van der Waals surface area contributed by atoms with Crippen molar-refractivity contribution in [3.05, 3.63) is 32.5 Å². The van der Waals surface area contributed by atoms with Gasteiger partial charge in [0.25, 0.3) is 0 Å². The Bertz CT molecular complexity index is 607. The molecule has 0 N–H and O–H groups in total. The third-order valence-electron chi connectivity index (χ3n) is 2.80. The van der Waals surface area contributed by atoms with E-state index >= 15 is 0 Å². The zero-order chi connectivity index (χ0) is 13.3. The Morgan fingerprint density at radius 1 is 1.50 bits per heavy atom. The summed E-state index contributed by atoms with van der Waals surface area (Å²) >= 11 is 8.28. The van der Waals surface area contributed by atoms with E-state index in [1.165, 1.54) is 0 Å². The van der Waals surface area contributed by atoms with Gasteiger partial charge in [-0.3, -0.25) is 4.79 Å². The van der Waals surface area contributed by atoms with Crippen LogP contribution in [-0.2, 0) is 16.1 Å². The van der Waals surface area contributed by atoms with E-state index in [9.17, 15) is 4.79 Å². The highest BCUT2D eigenvalue weighted by Gasteiger charge is 2.15. The average molecular weight is 378 g/mol. The Morgan fingerprint density at radius 2 is 2.22 bits per heavy atom. The molecule has 18 heavy (non-hydrogen) atoms. The molecule has 0 bridgehead atoms. The van der Waals surface area contributed by atoms with Gasteiger partial charge in [0.1, 0.15) is 6.54 Å². The highest BCUT2D eigenvalue weighted by atomic mass is 127. The molecule has 0 spiro atoms. The van der Waals surface area contributed by atoms with Gasteiger partial charge in [-0.1, -0.05) is 11.6 Å². The summed E-state index contributed by atoms with van der Waals surface area (Å²) in [5.74, 6) is -0.219. The molecule has 1 aromatic carbocycles. The molecule has 0 aliphatic carbocycles. The summed E-state index contributed by atoms with van der Waals surface area (Å²) in [6, 6.07) is 5.69. The Morgan fingerprint density at radius 3 is 2.89 bits per heavy atom. The average Bonchev–Trinajstić information content (AvgIpc) is 2.55. The minimum absolute atomic E-state index is 0.219. The molecule has 0 atom stereocenters. The quantitative estimate of drug-likeness (QED) is 0.602. The van der Waals surface area contributed by atoms with Crippen LogP contribution >= 0.6 is 34.2 Å². The van der Waals surface area contributed by atoms with E-state index in [0.717, 1.165) is 20.2 Å². The molecule has 1 aromatic heterocycles. The van der Waals surface area contributed by atoms with E-state index in [-0.39, 0.29) is 12.5 Å². The summed E-state index contributed by atoms with van der Waals surface area (Å²) in [4.78, 5) is 11.6. The molecule has 0 saturated heterocycles. The van der Waals surface area contributed by atoms with Crippen LogP contribution in [0.1, 0.15) is 12.6 Å². The maximum absolute atomic E-state index is 11.6. The Balaban J connectivity index is 2.50. The fourth-order valence-corrected chi connectivity index (χ4v) is 2.85. The Hall–Kier alpha value is -0.750. The van der Waals surface area contributed by atoms with E-state index in [1.54, 1.807) is 0 Å². The van der Waals surface area contributed by atoms with Gasteiger partial charge in [0.15, 0.2) is 0 Å². The molecule has 5 heteroatoms. The van der Waals surface area contributed by atoms with Gasteiger partial charge in [0.05, 0.1) is 6.61 Å². The fraction of sp³-hybridized carbons (Fsp3) is 0.308. The van der Waals surface area contributed by atoms with Crippen molar-refractivity contribution >= 4 is 51.1 Å². The van der Waals surface area contributed by atoms with Gasteiger partial charge < -0.3 is 9.30 Å². The predicted octanol–water partition coefficient (Wildman–Crippen LogP) is 3.77. The zero-order valence-electron chi connectivity index (χ0n) is 10.2. The first-order valence-electron chi connectivity index (χ1n) is 5.64. The molecule has 0 saturated carbocycles. The number of rotatable bonds is 3. The number of hydrogen-bond acceptors (Lipinski definition) is 2. The van der Waals surface area contributed by atoms with Gasteiger partial charge in [0.2, 0.25) is 0 Å². The van der Waals surface area contributed by atoms with E-state index in [4.69, 9.17) is 16.3 Å². The molecular formula is C13H13ClINO2. The van der Waals surface area contributed by atoms with E-state index < -0.39 is 0 Å². The molecule has 0 aliphatic rings. The molecule has 2 rings (SSSR count). The number of ether oxygens (including phenoxy) is 1. The van der Waals surface area contributed by atoms with Crippen molar-refractivity contribution < 1.29 is 9.53 Å². The van der Waals surface area contributed by atoms with Crippen LogP contribution < -0.4 is 0 Å². The van der Waals surface area contributed by atoms with Crippen molar-refractivity contribution in [2.45, 2.75) is 20.4 Å². The highest BCUT2D eigenvalue weighted by Crippen LogP contribution is 2.29. The van der Waals surface area contributed by atoms with Crippen molar-refractivity contribution in [2.24, 2.45) is 0 Å². The maximum atomic E-state index is 11.6. The second-order valence-corrected chi connectivity index (χ2v) is 5.47. The maximum Gasteiger partial charge on any atom is 0.325 e. The molecule has 2 aromatic rings. The normalized spacial score (nSPS) is 10.9. The Kier molecular flexibility index (Phi) is 4.17. The van der Waals surface area contributed by atoms with Crippen LogP contribution in [-0.4, -0.2) is 17.1 Å². The van der Waals surface area contributed by atoms with Gasteiger partial charge in [0, 0.05) is 25.2 Å². The summed E-state index contributed by atoms with van der Waals surface area (Å²) in [5.41, 5.74) is 2.07. The van der Waals surface area contributed by atoms with Gasteiger partial charge in [-0.05, 0) is 54.6 Å². The lowest BCUT2D eigenvalue weighted by atomic mass is 10.2. The van der Waals surface area contributed by atoms with Crippen LogP contribution in [0, 0.1) is 10.5 Å². The molecule has 96 valence electrons. The number of carbonyl (C=O) groups is 1. The third-order valence-corrected chi connectivity index (χ3v) is 4.40. The van der Waals surface area contributed by atoms with Crippen LogP contribution in [0.2, 0.25) is 5.02 Å². The van der Waals surface area contributed by atoms with Crippen molar-refractivity contribution in [3.8, 4) is 0 Å². The SMILES string of the molecule is CCOC(=O)Cn1c(C)c(I)c2cc(Cl)ccc21. The van der Waals surface area contributed by atoms with E-state index in [1.807, 2.05) is 36.6 Å². The molecule has 0 amide bonds. The van der Waals surface area contributed by atoms with Crippen molar-refractivity contribution in [3.63, 3.8) is 0 Å². The Labute approximate surface area is 124 Å². The standard InChI is InChI=1S/C13H13ClINO2/c1-3-18-12(17)7-16-8(2)13(15)10-6-9(14)4-5-11(10)16/h4-6H,3,7H2,1-2H3. The fourth-order valence-electron chi connectivity index (χ4n) is 1.95. The van der Waals surface area contributed by atoms with E-state index in [2.05, 4.69) is 22.6 Å². The largest absolute Gasteiger partial charge is 0.465 e. The molecular weight excluding hydrogens is 365 g/mol. The number of benzene rings is 1. The van der Waals surface area contributed by atoms with Crippen LogP contribution in [0.25, 0.3) is 10.9 Å². The molecule has 3 nitrogen and oxygen atoms in total. The first-order chi connectivity index (χ1) is 8.54. The number of hydrogen-bond donors (Lipinski definition) is 0. The summed E-state index contributed by atoms with van der Waals surface area (Å²) in [7, 11) is 0. The number of halogens is 2. The van der Waals surface area contributed by atoms with Crippen molar-refractivity contribution in [2.75, 3.05) is 6.61 Å². The monoisotopic (exact) mass is 377 g/mol. The topological polar surface area (TPSA) is 31.2 Å². The molecule has 1 heterocycles. The van der Waals surface area contributed by atoms with Gasteiger partial charge >= 0.3 is 5.97 Å². The van der Waals surface area contributed by atoms with Crippen LogP contribution in [0.3, 0.4) is 0 Å². The smallest absolute Gasteiger partial charge is 0.325 e. The highest BCUT2D eigenvalue weighted by molar-refractivity contribution is 14.1. The van der Waals surface area contributed by atoms with Gasteiger partial charge in [-0.15, -0.1) is 0 Å². The molecule has 0 radical (unpaired) electrons. The first-order valence-corrected chi connectivity index (χ1v) is 7.09. The second kappa shape index (κ2) is 5.48. The number of fused-ring (bicyclic) bond motifs is 1. The number of nitrogens with zero attached hydrogens (tertiary/aromatic N) is 1. The van der Waals surface area contributed by atoms with Crippen LogP contribution in [0.5, 0.6) is 0 Å². The van der Waals surface area contributed by atoms with Gasteiger partial charge in [-0.2, -0.15) is 0 Å². The number of aromatic nitrogens is 1. The summed E-state index contributed by atoms with van der Waals surface area (Å²) in [6.07, 6.45) is 0. The minimum Gasteiger partial charge on any atom is -0.465 e. The molecule has 0 unspecified atom stereocenters. The van der Waals surface area contributed by atoms with Crippen LogP contribution in [0.4, 0.5) is 0 Å². The first kappa shape index (κ1) is 13.7. The zero-order valence-corrected chi connectivity index (χ0v) is 13.1. The van der Waals surface area contributed by atoms with Gasteiger partial charge in [-0.25, -0.2) is 0 Å². The molecule has 0 fully saturated rings. The lowest BCUT2D eigenvalue weighted by molar-refractivity contribution is -0.143. The second-order valence-electron chi connectivity index (χ2n) is 3.95. The summed E-state index contributed by atoms with van der Waals surface area (Å²) in [5, 5.41) is 1.78. The lowest BCUT2D eigenvalue weighted by Crippen LogP contribution is -2.14. The van der Waals surface area contributed by atoms with Crippen LogP contribution in [0.15, 0.2) is 18.2 Å². The third kappa shape index (κ3) is 2.49. The lowest BCUT2D eigenvalue weighted by Gasteiger charge is -2.07. The minimum atomic E-state index is -0.219. The summed E-state index contributed by atoms with van der Waals surface area (Å²) in [6.45, 7) is 4.44. The number of esters is 1. The van der Waals surface area contributed by atoms with E-state index in [0.29, 0.717) is 11.6 Å². The predicted molar refractivity (Wildman–Crippen MR) is 81.0 cm³/mol. The summed E-state index contributed by atoms with van der Waals surface area (Å²) < 4.78 is 8.08. The number of carbonyl (C=O) groups excluding carboxylic acids is 1. The molecule has 0 aliphatic heterocycles.